The molecule has 0 aliphatic carbocycles. The zero-order valence-electron chi connectivity index (χ0n) is 15.5. The number of carbonyl (C=O) groups is 2. The lowest BCUT2D eigenvalue weighted by Gasteiger charge is -2.13. The second-order valence-electron chi connectivity index (χ2n) is 5.45. The van der Waals surface area contributed by atoms with E-state index in [1.807, 2.05) is 13.8 Å². The van der Waals surface area contributed by atoms with Crippen LogP contribution in [0.5, 0.6) is 11.5 Å². The monoisotopic (exact) mass is 392 g/mol. The van der Waals surface area contributed by atoms with Crippen LogP contribution in [0.2, 0.25) is 0 Å². The minimum atomic E-state index is -0.324. The van der Waals surface area contributed by atoms with Gasteiger partial charge >= 0.3 is 0 Å². The third-order valence-corrected chi connectivity index (χ3v) is 3.65. The molecule has 0 aliphatic rings. The van der Waals surface area contributed by atoms with Crippen molar-refractivity contribution in [3.05, 3.63) is 59.2 Å². The second kappa shape index (κ2) is 11.2. The van der Waals surface area contributed by atoms with Gasteiger partial charge in [0.15, 0.2) is 17.3 Å². The van der Waals surface area contributed by atoms with Gasteiger partial charge in [-0.2, -0.15) is 0 Å². The molecule has 0 heterocycles. The first-order valence-corrected chi connectivity index (χ1v) is 8.64. The number of nitrogens with two attached hydrogens (primary N) is 1. The van der Waals surface area contributed by atoms with Gasteiger partial charge in [0.25, 0.3) is 5.91 Å². The standard InChI is InChI=1S/C20H24N2O4.ClH/c1-3-25-17-10-9-14(13-18(17)26-4-2)19(23)15-7-5-6-8-16(15)20(24)22-12-11-21;/h5-10,13H,3-4,11-12,21H2,1-2H3,(H,22,24);1H. The summed E-state index contributed by atoms with van der Waals surface area (Å²) < 4.78 is 11.1. The maximum Gasteiger partial charge on any atom is 0.252 e. The van der Waals surface area contributed by atoms with Gasteiger partial charge in [-0.3, -0.25) is 9.59 Å². The number of benzene rings is 2. The van der Waals surface area contributed by atoms with Gasteiger partial charge in [0, 0.05) is 24.2 Å². The summed E-state index contributed by atoms with van der Waals surface area (Å²) in [4.78, 5) is 25.3. The van der Waals surface area contributed by atoms with E-state index < -0.39 is 0 Å². The van der Waals surface area contributed by atoms with Crippen LogP contribution in [-0.2, 0) is 0 Å². The fourth-order valence-corrected chi connectivity index (χ4v) is 2.51. The summed E-state index contributed by atoms with van der Waals surface area (Å²) in [6.45, 7) is 5.37. The molecule has 0 aliphatic heterocycles. The highest BCUT2D eigenvalue weighted by molar-refractivity contribution is 6.15. The molecule has 0 radical (unpaired) electrons. The molecule has 2 aromatic carbocycles. The Balaban J connectivity index is 0.00000364. The lowest BCUT2D eigenvalue weighted by Crippen LogP contribution is -2.30. The van der Waals surface area contributed by atoms with Gasteiger partial charge in [-0.25, -0.2) is 0 Å². The van der Waals surface area contributed by atoms with E-state index in [4.69, 9.17) is 15.2 Å². The molecule has 0 spiro atoms. The van der Waals surface area contributed by atoms with Crippen LogP contribution in [-0.4, -0.2) is 38.0 Å². The van der Waals surface area contributed by atoms with Crippen molar-refractivity contribution in [1.82, 2.24) is 5.32 Å². The van der Waals surface area contributed by atoms with E-state index in [9.17, 15) is 9.59 Å². The molecule has 0 saturated carbocycles. The Morgan fingerprint density at radius 2 is 1.59 bits per heavy atom. The van der Waals surface area contributed by atoms with Gasteiger partial charge in [0.1, 0.15) is 0 Å². The molecule has 2 aromatic rings. The molecule has 27 heavy (non-hydrogen) atoms. The second-order valence-corrected chi connectivity index (χ2v) is 5.45. The zero-order valence-corrected chi connectivity index (χ0v) is 16.3. The highest BCUT2D eigenvalue weighted by Crippen LogP contribution is 2.29. The van der Waals surface area contributed by atoms with E-state index >= 15 is 0 Å². The molecular weight excluding hydrogens is 368 g/mol. The van der Waals surface area contributed by atoms with Crippen LogP contribution in [0.25, 0.3) is 0 Å². The lowest BCUT2D eigenvalue weighted by molar-refractivity contribution is 0.0943. The molecule has 7 heteroatoms. The Morgan fingerprint density at radius 3 is 2.22 bits per heavy atom. The number of nitrogens with one attached hydrogen (secondary N) is 1. The van der Waals surface area contributed by atoms with Crippen molar-refractivity contribution in [3.8, 4) is 11.5 Å². The van der Waals surface area contributed by atoms with Crippen LogP contribution in [0.3, 0.4) is 0 Å². The number of hydrogen-bond donors (Lipinski definition) is 2. The molecule has 6 nitrogen and oxygen atoms in total. The van der Waals surface area contributed by atoms with E-state index in [0.29, 0.717) is 54.5 Å². The summed E-state index contributed by atoms with van der Waals surface area (Å²) in [7, 11) is 0. The first-order chi connectivity index (χ1) is 12.6. The summed E-state index contributed by atoms with van der Waals surface area (Å²) in [5, 5.41) is 2.69. The molecule has 0 atom stereocenters. The van der Waals surface area contributed by atoms with Crippen LogP contribution in [0.4, 0.5) is 0 Å². The normalized spacial score (nSPS) is 9.89. The molecule has 0 saturated heterocycles. The Kier molecular flexibility index (Phi) is 9.33. The lowest BCUT2D eigenvalue weighted by atomic mass is 9.97. The van der Waals surface area contributed by atoms with E-state index in [0.717, 1.165) is 0 Å². The average Bonchev–Trinajstić information content (AvgIpc) is 2.67. The highest BCUT2D eigenvalue weighted by Gasteiger charge is 2.19. The third kappa shape index (κ3) is 5.70. The van der Waals surface area contributed by atoms with Crippen molar-refractivity contribution in [2.75, 3.05) is 26.3 Å². The predicted octanol–water partition coefficient (Wildman–Crippen LogP) is 2.83. The number of carbonyl (C=O) groups excluding carboxylic acids is 2. The molecule has 0 bridgehead atoms. The van der Waals surface area contributed by atoms with Crippen LogP contribution in [0, 0.1) is 0 Å². The minimum Gasteiger partial charge on any atom is -0.490 e. The first-order valence-electron chi connectivity index (χ1n) is 8.64. The Labute approximate surface area is 165 Å². The Hall–Kier alpha value is -2.57. The molecule has 1 amide bonds. The number of hydrogen-bond acceptors (Lipinski definition) is 5. The van der Waals surface area contributed by atoms with E-state index in [2.05, 4.69) is 5.32 Å². The van der Waals surface area contributed by atoms with Gasteiger partial charge in [-0.1, -0.05) is 18.2 Å². The molecule has 2 rings (SSSR count). The molecule has 0 fully saturated rings. The van der Waals surface area contributed by atoms with Gasteiger partial charge in [0.2, 0.25) is 0 Å². The summed E-state index contributed by atoms with van der Waals surface area (Å²) in [5.74, 6) is 0.507. The quantitative estimate of drug-likeness (QED) is 0.640. The number of rotatable bonds is 9. The summed E-state index contributed by atoms with van der Waals surface area (Å²) in [6, 6.07) is 11.7. The van der Waals surface area contributed by atoms with E-state index in [1.54, 1.807) is 42.5 Å². The average molecular weight is 393 g/mol. The fraction of sp³-hybridized carbons (Fsp3) is 0.300. The van der Waals surface area contributed by atoms with Crippen molar-refractivity contribution in [3.63, 3.8) is 0 Å². The Morgan fingerprint density at radius 1 is 0.963 bits per heavy atom. The maximum absolute atomic E-state index is 13.0. The van der Waals surface area contributed by atoms with Crippen molar-refractivity contribution < 1.29 is 19.1 Å². The van der Waals surface area contributed by atoms with E-state index in [1.165, 1.54) is 0 Å². The van der Waals surface area contributed by atoms with Crippen molar-refractivity contribution >= 4 is 24.1 Å². The topological polar surface area (TPSA) is 90.7 Å². The van der Waals surface area contributed by atoms with Crippen molar-refractivity contribution in [2.45, 2.75) is 13.8 Å². The number of amides is 1. The summed E-state index contributed by atoms with van der Waals surface area (Å²) >= 11 is 0. The van der Waals surface area contributed by atoms with Crippen molar-refractivity contribution in [2.24, 2.45) is 5.73 Å². The molecule has 0 aromatic heterocycles. The maximum atomic E-state index is 13.0. The Bertz CT molecular complexity index is 780. The highest BCUT2D eigenvalue weighted by atomic mass is 35.5. The van der Waals surface area contributed by atoms with Gasteiger partial charge in [-0.15, -0.1) is 12.4 Å². The molecule has 146 valence electrons. The largest absolute Gasteiger partial charge is 0.490 e. The van der Waals surface area contributed by atoms with Crippen LogP contribution >= 0.6 is 12.4 Å². The third-order valence-electron chi connectivity index (χ3n) is 3.65. The summed E-state index contributed by atoms with van der Waals surface area (Å²) in [5.41, 5.74) is 6.49. The van der Waals surface area contributed by atoms with E-state index in [-0.39, 0.29) is 24.1 Å². The number of ketones is 1. The smallest absolute Gasteiger partial charge is 0.252 e. The number of ether oxygens (including phenoxy) is 2. The van der Waals surface area contributed by atoms with Crippen LogP contribution in [0.1, 0.15) is 40.1 Å². The van der Waals surface area contributed by atoms with Crippen molar-refractivity contribution in [1.29, 1.82) is 0 Å². The van der Waals surface area contributed by atoms with Crippen LogP contribution < -0.4 is 20.5 Å². The summed E-state index contributed by atoms with van der Waals surface area (Å²) in [6.07, 6.45) is 0. The van der Waals surface area contributed by atoms with Crippen LogP contribution in [0.15, 0.2) is 42.5 Å². The SMILES string of the molecule is CCOc1ccc(C(=O)c2ccccc2C(=O)NCCN)cc1OCC.Cl. The van der Waals surface area contributed by atoms with Gasteiger partial charge in [-0.05, 0) is 38.1 Å². The predicted molar refractivity (Wildman–Crippen MR) is 107 cm³/mol. The fourth-order valence-electron chi connectivity index (χ4n) is 2.51. The number of halogens is 1. The van der Waals surface area contributed by atoms with Gasteiger partial charge in [0.05, 0.1) is 18.8 Å². The molecular formula is C20H25ClN2O4. The van der Waals surface area contributed by atoms with Gasteiger partial charge < -0.3 is 20.5 Å². The minimum absolute atomic E-state index is 0. The zero-order chi connectivity index (χ0) is 18.9. The molecule has 0 unspecified atom stereocenters. The molecule has 3 N–H and O–H groups in total. The first kappa shape index (κ1) is 22.5.